The number of pyridine rings is 1. The van der Waals surface area contributed by atoms with Crippen LogP contribution in [0.25, 0.3) is 11.1 Å². The summed E-state index contributed by atoms with van der Waals surface area (Å²) in [7, 11) is 1.66. The SMILES string of the molecule is COC1CC(NCC(C)=O)C(Cc2cccc(-c3ccccc3)c2)n2c1cccc2=O. The Morgan fingerprint density at radius 1 is 1.03 bits per heavy atom. The Bertz CT molecular complexity index is 1110. The fourth-order valence-corrected chi connectivity index (χ4v) is 4.52. The number of Topliss-reactive ketones (excluding diaryl/α,β-unsaturated/α-hetero) is 1. The van der Waals surface area contributed by atoms with E-state index in [1.165, 1.54) is 0 Å². The predicted octanol–water partition coefficient (Wildman–Crippen LogP) is 3.94. The molecule has 0 fully saturated rings. The molecule has 3 unspecified atom stereocenters. The first-order chi connectivity index (χ1) is 15.1. The van der Waals surface area contributed by atoms with E-state index in [0.717, 1.165) is 22.4 Å². The van der Waals surface area contributed by atoms with Gasteiger partial charge in [0.1, 0.15) is 5.78 Å². The van der Waals surface area contributed by atoms with Gasteiger partial charge in [-0.2, -0.15) is 0 Å². The average molecular weight is 417 g/mol. The van der Waals surface area contributed by atoms with Crippen LogP contribution in [0.4, 0.5) is 0 Å². The first kappa shape index (κ1) is 21.2. The van der Waals surface area contributed by atoms with E-state index in [9.17, 15) is 9.59 Å². The Hall–Kier alpha value is -3.02. The topological polar surface area (TPSA) is 60.3 Å². The molecule has 3 aromatic rings. The summed E-state index contributed by atoms with van der Waals surface area (Å²) in [5, 5.41) is 3.38. The van der Waals surface area contributed by atoms with Crippen molar-refractivity contribution in [2.45, 2.75) is 38.0 Å². The summed E-state index contributed by atoms with van der Waals surface area (Å²) in [6.45, 7) is 1.85. The van der Waals surface area contributed by atoms with Gasteiger partial charge >= 0.3 is 0 Å². The number of nitrogens with one attached hydrogen (secondary N) is 1. The Labute approximate surface area is 182 Å². The highest BCUT2D eigenvalue weighted by atomic mass is 16.5. The monoisotopic (exact) mass is 416 g/mol. The molecule has 31 heavy (non-hydrogen) atoms. The van der Waals surface area contributed by atoms with Crippen molar-refractivity contribution in [1.82, 2.24) is 9.88 Å². The molecule has 0 saturated heterocycles. The van der Waals surface area contributed by atoms with E-state index in [2.05, 4.69) is 41.7 Å². The molecule has 0 amide bonds. The summed E-state index contributed by atoms with van der Waals surface area (Å²) >= 11 is 0. The minimum atomic E-state index is -0.190. The van der Waals surface area contributed by atoms with Gasteiger partial charge in [-0.1, -0.05) is 60.7 Å². The highest BCUT2D eigenvalue weighted by Crippen LogP contribution is 2.35. The first-order valence-corrected chi connectivity index (χ1v) is 10.7. The van der Waals surface area contributed by atoms with Crippen molar-refractivity contribution >= 4 is 5.78 Å². The molecule has 2 aromatic carbocycles. The van der Waals surface area contributed by atoms with Crippen LogP contribution in [0.1, 0.15) is 36.7 Å². The molecule has 2 heterocycles. The fourth-order valence-electron chi connectivity index (χ4n) is 4.52. The van der Waals surface area contributed by atoms with Gasteiger partial charge in [0.05, 0.1) is 24.4 Å². The number of carbonyl (C=O) groups is 1. The van der Waals surface area contributed by atoms with Gasteiger partial charge in [0.25, 0.3) is 5.56 Å². The zero-order chi connectivity index (χ0) is 21.8. The van der Waals surface area contributed by atoms with E-state index < -0.39 is 0 Å². The number of nitrogens with zero attached hydrogens (tertiary/aromatic N) is 1. The zero-order valence-corrected chi connectivity index (χ0v) is 18.0. The molecule has 160 valence electrons. The normalized spacial score (nSPS) is 20.3. The van der Waals surface area contributed by atoms with Gasteiger partial charge in [-0.25, -0.2) is 0 Å². The molecule has 1 N–H and O–H groups in total. The Morgan fingerprint density at radius 3 is 2.52 bits per heavy atom. The van der Waals surface area contributed by atoms with Crippen molar-refractivity contribution in [1.29, 1.82) is 0 Å². The molecule has 1 aliphatic heterocycles. The molecule has 0 saturated carbocycles. The molecule has 4 rings (SSSR count). The highest BCUT2D eigenvalue weighted by molar-refractivity contribution is 5.77. The number of ketones is 1. The molecular weight excluding hydrogens is 388 g/mol. The van der Waals surface area contributed by atoms with Crippen molar-refractivity contribution in [2.75, 3.05) is 13.7 Å². The van der Waals surface area contributed by atoms with Crippen LogP contribution in [-0.2, 0) is 16.0 Å². The second-order valence-corrected chi connectivity index (χ2v) is 8.15. The minimum absolute atomic E-state index is 0.0434. The second-order valence-electron chi connectivity index (χ2n) is 8.15. The quantitative estimate of drug-likeness (QED) is 0.634. The lowest BCUT2D eigenvalue weighted by Gasteiger charge is -2.39. The molecule has 3 atom stereocenters. The van der Waals surface area contributed by atoms with Crippen LogP contribution in [0.5, 0.6) is 0 Å². The summed E-state index contributed by atoms with van der Waals surface area (Å²) in [6.07, 6.45) is 1.20. The number of aromatic nitrogens is 1. The van der Waals surface area contributed by atoms with Gasteiger partial charge in [-0.3, -0.25) is 9.59 Å². The molecule has 0 spiro atoms. The lowest BCUT2D eigenvalue weighted by Crippen LogP contribution is -2.49. The van der Waals surface area contributed by atoms with Crippen molar-refractivity contribution in [3.63, 3.8) is 0 Å². The molecule has 5 nitrogen and oxygen atoms in total. The molecule has 0 aliphatic carbocycles. The van der Waals surface area contributed by atoms with E-state index in [1.54, 1.807) is 26.2 Å². The first-order valence-electron chi connectivity index (χ1n) is 10.7. The van der Waals surface area contributed by atoms with E-state index in [0.29, 0.717) is 12.8 Å². The third-order valence-corrected chi connectivity index (χ3v) is 5.99. The smallest absolute Gasteiger partial charge is 0.251 e. The number of rotatable bonds is 7. The average Bonchev–Trinajstić information content (AvgIpc) is 2.79. The van der Waals surface area contributed by atoms with Gasteiger partial charge in [-0.15, -0.1) is 0 Å². The molecule has 0 bridgehead atoms. The number of hydrogen-bond donors (Lipinski definition) is 1. The van der Waals surface area contributed by atoms with Crippen LogP contribution >= 0.6 is 0 Å². The number of benzene rings is 2. The Balaban J connectivity index is 1.72. The second kappa shape index (κ2) is 9.41. The van der Waals surface area contributed by atoms with E-state index in [1.807, 2.05) is 28.8 Å². The summed E-state index contributed by atoms with van der Waals surface area (Å²) in [4.78, 5) is 24.6. The van der Waals surface area contributed by atoms with E-state index in [-0.39, 0.29) is 36.1 Å². The van der Waals surface area contributed by atoms with E-state index >= 15 is 0 Å². The van der Waals surface area contributed by atoms with Crippen molar-refractivity contribution in [2.24, 2.45) is 0 Å². The van der Waals surface area contributed by atoms with Gasteiger partial charge < -0.3 is 14.6 Å². The van der Waals surface area contributed by atoms with Gasteiger partial charge in [0, 0.05) is 19.2 Å². The van der Waals surface area contributed by atoms with Crippen LogP contribution in [-0.4, -0.2) is 30.0 Å². The number of fused-ring (bicyclic) bond motifs is 1. The van der Waals surface area contributed by atoms with Gasteiger partial charge in [0.15, 0.2) is 0 Å². The number of hydrogen-bond acceptors (Lipinski definition) is 4. The van der Waals surface area contributed by atoms with Crippen molar-refractivity contribution < 1.29 is 9.53 Å². The summed E-state index contributed by atoms with van der Waals surface area (Å²) in [5.41, 5.74) is 4.31. The Morgan fingerprint density at radius 2 is 1.77 bits per heavy atom. The highest BCUT2D eigenvalue weighted by Gasteiger charge is 2.35. The van der Waals surface area contributed by atoms with Crippen molar-refractivity contribution in [3.05, 3.63) is 94.4 Å². The summed E-state index contributed by atoms with van der Waals surface area (Å²) in [6, 6.07) is 23.9. The molecule has 1 aliphatic rings. The third kappa shape index (κ3) is 4.68. The van der Waals surface area contributed by atoms with Crippen LogP contribution in [0, 0.1) is 0 Å². The lowest BCUT2D eigenvalue weighted by atomic mass is 9.88. The molecule has 5 heteroatoms. The van der Waals surface area contributed by atoms with Crippen LogP contribution in [0.3, 0.4) is 0 Å². The van der Waals surface area contributed by atoms with Crippen LogP contribution in [0.15, 0.2) is 77.6 Å². The minimum Gasteiger partial charge on any atom is -0.375 e. The molecular formula is C26H28N2O3. The summed E-state index contributed by atoms with van der Waals surface area (Å²) in [5.74, 6) is 0.0741. The third-order valence-electron chi connectivity index (χ3n) is 5.99. The largest absolute Gasteiger partial charge is 0.375 e. The Kier molecular flexibility index (Phi) is 6.44. The van der Waals surface area contributed by atoms with Crippen molar-refractivity contribution in [3.8, 4) is 11.1 Å². The molecule has 0 radical (unpaired) electrons. The van der Waals surface area contributed by atoms with Gasteiger partial charge in [0.2, 0.25) is 0 Å². The standard InChI is InChI=1S/C26H28N2O3/c1-18(29)17-27-22-16-25(31-2)23-12-7-13-26(30)28(23)24(22)15-19-8-6-11-21(14-19)20-9-4-3-5-10-20/h3-14,22,24-25,27H,15-17H2,1-2H3. The zero-order valence-electron chi connectivity index (χ0n) is 18.0. The van der Waals surface area contributed by atoms with Crippen LogP contribution in [0.2, 0.25) is 0 Å². The lowest BCUT2D eigenvalue weighted by molar-refractivity contribution is -0.116. The maximum Gasteiger partial charge on any atom is 0.251 e. The predicted molar refractivity (Wildman–Crippen MR) is 122 cm³/mol. The van der Waals surface area contributed by atoms with E-state index in [4.69, 9.17) is 4.74 Å². The fraction of sp³-hybridized carbons (Fsp3) is 0.308. The number of ether oxygens (including phenoxy) is 1. The maximum atomic E-state index is 12.9. The number of carbonyl (C=O) groups excluding carboxylic acids is 1. The summed E-state index contributed by atoms with van der Waals surface area (Å²) < 4.78 is 7.55. The maximum absolute atomic E-state index is 12.9. The number of methoxy groups -OCH3 is 1. The molecule has 1 aromatic heterocycles. The van der Waals surface area contributed by atoms with Crippen LogP contribution < -0.4 is 10.9 Å². The van der Waals surface area contributed by atoms with Gasteiger partial charge in [-0.05, 0) is 42.5 Å².